The first-order chi connectivity index (χ1) is 9.61. The predicted octanol–water partition coefficient (Wildman–Crippen LogP) is 1.95. The second-order valence-electron chi connectivity index (χ2n) is 5.30. The van der Waals surface area contributed by atoms with Gasteiger partial charge in [-0.2, -0.15) is 0 Å². The van der Waals surface area contributed by atoms with E-state index in [0.29, 0.717) is 17.3 Å². The molecule has 5 heteroatoms. The van der Waals surface area contributed by atoms with E-state index in [-0.39, 0.29) is 0 Å². The maximum atomic E-state index is 11.6. The van der Waals surface area contributed by atoms with Gasteiger partial charge in [0.1, 0.15) is 0 Å². The van der Waals surface area contributed by atoms with Gasteiger partial charge in [0.25, 0.3) is 0 Å². The molecule has 3 N–H and O–H groups in total. The van der Waals surface area contributed by atoms with Crippen LogP contribution in [-0.4, -0.2) is 44.2 Å². The Labute approximate surface area is 120 Å². The van der Waals surface area contributed by atoms with Gasteiger partial charge in [-0.15, -0.1) is 0 Å². The molecule has 0 radical (unpaired) electrons. The first-order valence-corrected chi connectivity index (χ1v) is 7.03. The van der Waals surface area contributed by atoms with Crippen LogP contribution >= 0.6 is 0 Å². The molecule has 0 saturated carbocycles. The lowest BCUT2D eigenvalue weighted by atomic mass is 10.0. The maximum absolute atomic E-state index is 11.6. The molecule has 1 aliphatic heterocycles. The molecule has 0 amide bonds. The van der Waals surface area contributed by atoms with Crippen LogP contribution in [0.1, 0.15) is 29.6 Å². The Hall–Kier alpha value is -1.75. The number of anilines is 2. The van der Waals surface area contributed by atoms with E-state index in [2.05, 4.69) is 17.3 Å². The average molecular weight is 277 g/mol. The van der Waals surface area contributed by atoms with Gasteiger partial charge in [0.05, 0.1) is 12.7 Å². The van der Waals surface area contributed by atoms with Crippen LogP contribution in [0.5, 0.6) is 0 Å². The Morgan fingerprint density at radius 2 is 2.30 bits per heavy atom. The second kappa shape index (κ2) is 6.61. The van der Waals surface area contributed by atoms with Crippen LogP contribution in [0.25, 0.3) is 0 Å². The number of hydrogen-bond acceptors (Lipinski definition) is 5. The van der Waals surface area contributed by atoms with Crippen molar-refractivity contribution in [1.82, 2.24) is 4.90 Å². The number of rotatable bonds is 4. The summed E-state index contributed by atoms with van der Waals surface area (Å²) >= 11 is 0. The molecule has 5 nitrogen and oxygen atoms in total. The number of esters is 1. The Morgan fingerprint density at radius 3 is 3.00 bits per heavy atom. The molecule has 1 aromatic carbocycles. The Kier molecular flexibility index (Phi) is 4.84. The molecule has 20 heavy (non-hydrogen) atoms. The first kappa shape index (κ1) is 14.7. The number of nitrogens with two attached hydrogens (primary N) is 1. The number of benzene rings is 1. The summed E-state index contributed by atoms with van der Waals surface area (Å²) in [5, 5.41) is 3.39. The van der Waals surface area contributed by atoms with Crippen LogP contribution in [0.3, 0.4) is 0 Å². The van der Waals surface area contributed by atoms with Crippen LogP contribution in [0.2, 0.25) is 0 Å². The highest BCUT2D eigenvalue weighted by molar-refractivity contribution is 5.96. The lowest BCUT2D eigenvalue weighted by molar-refractivity contribution is 0.0602. The number of methoxy groups -OCH3 is 1. The highest BCUT2D eigenvalue weighted by Gasteiger charge is 2.18. The summed E-state index contributed by atoms with van der Waals surface area (Å²) in [6.07, 6.45) is 3.77. The van der Waals surface area contributed by atoms with Crippen LogP contribution in [0.15, 0.2) is 18.2 Å². The lowest BCUT2D eigenvalue weighted by Crippen LogP contribution is -2.40. The van der Waals surface area contributed by atoms with E-state index >= 15 is 0 Å². The standard InChI is InChI=1S/C15H23N3O2/c1-18-8-4-3-5-12(18)10-17-11-6-7-14(16)13(9-11)15(19)20-2/h6-7,9,12,17H,3-5,8,10,16H2,1-2H3. The molecule has 1 heterocycles. The summed E-state index contributed by atoms with van der Waals surface area (Å²) in [7, 11) is 3.52. The molecule has 110 valence electrons. The normalized spacial score (nSPS) is 19.6. The van der Waals surface area contributed by atoms with Crippen molar-refractivity contribution in [2.24, 2.45) is 0 Å². The number of likely N-dealkylation sites (tertiary alicyclic amines) is 1. The largest absolute Gasteiger partial charge is 0.465 e. The molecule has 0 aromatic heterocycles. The predicted molar refractivity (Wildman–Crippen MR) is 81.0 cm³/mol. The smallest absolute Gasteiger partial charge is 0.340 e. The highest BCUT2D eigenvalue weighted by atomic mass is 16.5. The zero-order valence-corrected chi connectivity index (χ0v) is 12.2. The van der Waals surface area contributed by atoms with Crippen molar-refractivity contribution in [3.8, 4) is 0 Å². The van der Waals surface area contributed by atoms with Crippen molar-refractivity contribution in [2.45, 2.75) is 25.3 Å². The highest BCUT2D eigenvalue weighted by Crippen LogP contribution is 2.20. The Morgan fingerprint density at radius 1 is 1.50 bits per heavy atom. The minimum Gasteiger partial charge on any atom is -0.465 e. The number of ether oxygens (including phenoxy) is 1. The van der Waals surface area contributed by atoms with E-state index in [0.717, 1.165) is 18.8 Å². The maximum Gasteiger partial charge on any atom is 0.340 e. The van der Waals surface area contributed by atoms with Crippen molar-refractivity contribution < 1.29 is 9.53 Å². The van der Waals surface area contributed by atoms with Gasteiger partial charge < -0.3 is 20.7 Å². The molecule has 1 fully saturated rings. The molecule has 1 saturated heterocycles. The van der Waals surface area contributed by atoms with Crippen molar-refractivity contribution >= 4 is 17.3 Å². The minimum atomic E-state index is -0.402. The summed E-state index contributed by atoms with van der Waals surface area (Å²) in [4.78, 5) is 14.0. The van der Waals surface area contributed by atoms with Gasteiger partial charge in [0.2, 0.25) is 0 Å². The molecule has 0 bridgehead atoms. The molecule has 1 aromatic rings. The van der Waals surface area contributed by atoms with E-state index in [1.807, 2.05) is 6.07 Å². The van der Waals surface area contributed by atoms with Gasteiger partial charge >= 0.3 is 5.97 Å². The average Bonchev–Trinajstić information content (AvgIpc) is 2.47. The quantitative estimate of drug-likeness (QED) is 0.650. The van der Waals surface area contributed by atoms with Crippen molar-refractivity contribution in [3.05, 3.63) is 23.8 Å². The van der Waals surface area contributed by atoms with E-state index in [1.54, 1.807) is 12.1 Å². The Balaban J connectivity index is 2.00. The van der Waals surface area contributed by atoms with Gasteiger partial charge in [-0.05, 0) is 44.6 Å². The molecule has 1 unspecified atom stereocenters. The third kappa shape index (κ3) is 3.42. The van der Waals surface area contributed by atoms with Crippen molar-refractivity contribution in [3.63, 3.8) is 0 Å². The number of carbonyl (C=O) groups is 1. The van der Waals surface area contributed by atoms with Gasteiger partial charge in [-0.25, -0.2) is 4.79 Å². The van der Waals surface area contributed by atoms with Crippen LogP contribution in [0, 0.1) is 0 Å². The lowest BCUT2D eigenvalue weighted by Gasteiger charge is -2.32. The first-order valence-electron chi connectivity index (χ1n) is 7.03. The fourth-order valence-electron chi connectivity index (χ4n) is 2.59. The summed E-state index contributed by atoms with van der Waals surface area (Å²) in [6, 6.07) is 5.93. The number of carbonyl (C=O) groups excluding carboxylic acids is 1. The van der Waals surface area contributed by atoms with E-state index < -0.39 is 5.97 Å². The number of likely N-dealkylation sites (N-methyl/N-ethyl adjacent to an activating group) is 1. The van der Waals surface area contributed by atoms with Crippen LogP contribution < -0.4 is 11.1 Å². The molecule has 2 rings (SSSR count). The third-order valence-electron chi connectivity index (χ3n) is 3.92. The fraction of sp³-hybridized carbons (Fsp3) is 0.533. The molecule has 0 spiro atoms. The summed E-state index contributed by atoms with van der Waals surface area (Å²) < 4.78 is 4.73. The molecular weight excluding hydrogens is 254 g/mol. The Bertz CT molecular complexity index is 476. The topological polar surface area (TPSA) is 67.6 Å². The number of hydrogen-bond donors (Lipinski definition) is 2. The SMILES string of the molecule is COC(=O)c1cc(NCC2CCCCN2C)ccc1N. The van der Waals surface area contributed by atoms with Crippen LogP contribution in [-0.2, 0) is 4.74 Å². The van der Waals surface area contributed by atoms with Crippen molar-refractivity contribution in [1.29, 1.82) is 0 Å². The van der Waals surface area contributed by atoms with Crippen LogP contribution in [0.4, 0.5) is 11.4 Å². The number of nitrogen functional groups attached to an aromatic ring is 1. The van der Waals surface area contributed by atoms with Gasteiger partial charge in [-0.1, -0.05) is 6.42 Å². The van der Waals surface area contributed by atoms with Crippen molar-refractivity contribution in [2.75, 3.05) is 38.3 Å². The number of piperidine rings is 1. The monoisotopic (exact) mass is 277 g/mol. The van der Waals surface area contributed by atoms with Gasteiger partial charge in [0.15, 0.2) is 0 Å². The molecule has 0 aliphatic carbocycles. The number of nitrogens with zero attached hydrogens (tertiary/aromatic N) is 1. The minimum absolute atomic E-state index is 0.402. The molecule has 1 atom stereocenters. The summed E-state index contributed by atoms with van der Waals surface area (Å²) in [5.41, 5.74) is 7.54. The van der Waals surface area contributed by atoms with E-state index in [4.69, 9.17) is 10.5 Å². The second-order valence-corrected chi connectivity index (χ2v) is 5.30. The zero-order valence-electron chi connectivity index (χ0n) is 12.2. The molecule has 1 aliphatic rings. The zero-order chi connectivity index (χ0) is 14.5. The summed E-state index contributed by atoms with van der Waals surface area (Å²) in [6.45, 7) is 2.03. The van der Waals surface area contributed by atoms with Gasteiger partial charge in [-0.3, -0.25) is 0 Å². The summed E-state index contributed by atoms with van der Waals surface area (Å²) in [5.74, 6) is -0.402. The number of nitrogens with one attached hydrogen (secondary N) is 1. The fourth-order valence-corrected chi connectivity index (χ4v) is 2.59. The third-order valence-corrected chi connectivity index (χ3v) is 3.92. The van der Waals surface area contributed by atoms with Gasteiger partial charge in [0, 0.05) is 24.0 Å². The van der Waals surface area contributed by atoms with E-state index in [1.165, 1.54) is 26.4 Å². The molecular formula is C15H23N3O2. The van der Waals surface area contributed by atoms with E-state index in [9.17, 15) is 4.79 Å².